The van der Waals surface area contributed by atoms with E-state index in [9.17, 15) is 32.3 Å². The molecule has 0 saturated heterocycles. The summed E-state index contributed by atoms with van der Waals surface area (Å²) in [6, 6.07) is 13.7. The number of hydrogen-bond acceptors (Lipinski definition) is 3. The van der Waals surface area contributed by atoms with Crippen LogP contribution in [-0.4, -0.2) is 22.8 Å². The number of Topliss-reactive ketones (excluding diaryl/α,β-unsaturated/α-hetero) is 1. The van der Waals surface area contributed by atoms with Crippen LogP contribution < -0.4 is 4.90 Å². The van der Waals surface area contributed by atoms with Crippen molar-refractivity contribution in [2.24, 2.45) is 0 Å². The molecule has 1 N–H and O–H groups in total. The number of halogens is 4. The molecule has 0 spiro atoms. The van der Waals surface area contributed by atoms with Gasteiger partial charge < -0.3 is 5.11 Å². The number of ketones is 1. The Morgan fingerprint density at radius 1 is 0.970 bits per heavy atom. The first-order chi connectivity index (χ1) is 15.6. The van der Waals surface area contributed by atoms with Crippen molar-refractivity contribution >= 4 is 23.0 Å². The molecule has 1 amide bonds. The van der Waals surface area contributed by atoms with Crippen LogP contribution in [0.3, 0.4) is 0 Å². The number of rotatable bonds is 4. The summed E-state index contributed by atoms with van der Waals surface area (Å²) >= 11 is 0. The van der Waals surface area contributed by atoms with Crippen LogP contribution in [0.4, 0.5) is 23.2 Å². The molecule has 0 bridgehead atoms. The fraction of sp³-hybridized carbons (Fsp3) is 0.120. The van der Waals surface area contributed by atoms with Gasteiger partial charge in [0.05, 0.1) is 5.56 Å². The lowest BCUT2D eigenvalue weighted by atomic mass is 9.92. The van der Waals surface area contributed by atoms with Gasteiger partial charge in [0.15, 0.2) is 11.5 Å². The highest BCUT2D eigenvalue weighted by Gasteiger charge is 2.45. The molecule has 168 valence electrons. The molecule has 0 radical (unpaired) electrons. The highest BCUT2D eigenvalue weighted by atomic mass is 19.4. The van der Waals surface area contributed by atoms with E-state index < -0.39 is 41.0 Å². The predicted molar refractivity (Wildman–Crippen MR) is 114 cm³/mol. The summed E-state index contributed by atoms with van der Waals surface area (Å²) in [7, 11) is 0. The first kappa shape index (κ1) is 22.3. The number of aliphatic hydroxyl groups excluding tert-OH is 1. The second-order valence-electron chi connectivity index (χ2n) is 7.63. The lowest BCUT2D eigenvalue weighted by molar-refractivity contribution is -0.137. The van der Waals surface area contributed by atoms with E-state index >= 15 is 0 Å². The molecule has 1 aliphatic rings. The zero-order chi connectivity index (χ0) is 23.9. The summed E-state index contributed by atoms with van der Waals surface area (Å²) in [5, 5.41) is 10.7. The van der Waals surface area contributed by atoms with Crippen LogP contribution in [0, 0.1) is 12.7 Å². The fourth-order valence-corrected chi connectivity index (χ4v) is 3.75. The van der Waals surface area contributed by atoms with Gasteiger partial charge in [-0.2, -0.15) is 13.2 Å². The van der Waals surface area contributed by atoms with E-state index in [2.05, 4.69) is 0 Å². The predicted octanol–water partition coefficient (Wildman–Crippen LogP) is 5.72. The molecule has 1 atom stereocenters. The van der Waals surface area contributed by atoms with Gasteiger partial charge in [-0.3, -0.25) is 14.5 Å². The van der Waals surface area contributed by atoms with Crippen LogP contribution in [0.2, 0.25) is 0 Å². The second-order valence-corrected chi connectivity index (χ2v) is 7.63. The maximum Gasteiger partial charge on any atom is 0.416 e. The minimum absolute atomic E-state index is 0.0329. The largest absolute Gasteiger partial charge is 0.503 e. The molecule has 0 unspecified atom stereocenters. The van der Waals surface area contributed by atoms with Crippen LogP contribution in [0.5, 0.6) is 0 Å². The van der Waals surface area contributed by atoms with Crippen LogP contribution in [0.15, 0.2) is 78.6 Å². The summed E-state index contributed by atoms with van der Waals surface area (Å²) in [4.78, 5) is 27.4. The van der Waals surface area contributed by atoms with E-state index in [0.717, 1.165) is 40.8 Å². The Morgan fingerprint density at radius 3 is 2.21 bits per heavy atom. The van der Waals surface area contributed by atoms with Crippen molar-refractivity contribution in [1.82, 2.24) is 0 Å². The quantitative estimate of drug-likeness (QED) is 0.404. The van der Waals surface area contributed by atoms with Gasteiger partial charge in [0.1, 0.15) is 11.9 Å². The Morgan fingerprint density at radius 2 is 1.61 bits per heavy atom. The molecule has 1 aliphatic heterocycles. The average Bonchev–Trinajstić information content (AvgIpc) is 3.04. The van der Waals surface area contributed by atoms with Crippen molar-refractivity contribution in [2.45, 2.75) is 19.1 Å². The number of carbonyl (C=O) groups is 2. The number of amides is 1. The monoisotopic (exact) mass is 455 g/mol. The molecule has 8 heteroatoms. The van der Waals surface area contributed by atoms with Gasteiger partial charge in [0.2, 0.25) is 0 Å². The molecule has 3 aromatic rings. The zero-order valence-corrected chi connectivity index (χ0v) is 17.2. The Labute approximate surface area is 186 Å². The number of aryl methyl sites for hydroxylation is 1. The van der Waals surface area contributed by atoms with Gasteiger partial charge in [-0.1, -0.05) is 35.9 Å². The number of benzene rings is 3. The number of hydrogen-bond donors (Lipinski definition) is 1. The molecular weight excluding hydrogens is 438 g/mol. The smallest absolute Gasteiger partial charge is 0.416 e. The van der Waals surface area contributed by atoms with E-state index in [1.54, 1.807) is 24.3 Å². The molecule has 0 fully saturated rings. The summed E-state index contributed by atoms with van der Waals surface area (Å²) in [6.07, 6.45) is -4.68. The van der Waals surface area contributed by atoms with Crippen molar-refractivity contribution in [3.63, 3.8) is 0 Å². The Balaban J connectivity index is 1.89. The maximum atomic E-state index is 13.5. The van der Waals surface area contributed by atoms with Crippen LogP contribution in [0.25, 0.3) is 5.57 Å². The number of aliphatic hydroxyl groups is 1. The van der Waals surface area contributed by atoms with Crippen molar-refractivity contribution in [3.05, 3.63) is 107 Å². The van der Waals surface area contributed by atoms with Crippen LogP contribution in [0.1, 0.15) is 27.0 Å². The minimum atomic E-state index is -4.68. The first-order valence-corrected chi connectivity index (χ1v) is 9.88. The topological polar surface area (TPSA) is 57.6 Å². The van der Waals surface area contributed by atoms with Crippen molar-refractivity contribution < 1.29 is 32.3 Å². The van der Waals surface area contributed by atoms with Crippen molar-refractivity contribution in [2.75, 3.05) is 4.90 Å². The molecule has 4 rings (SSSR count). The summed E-state index contributed by atoms with van der Waals surface area (Å²) in [5.74, 6) is -3.01. The molecule has 0 saturated carbocycles. The SMILES string of the molecule is Cc1ccc(C2=C(O)C(=O)N(c3cccc(C(F)(F)F)c3)[C@H]2C(=O)c2ccc(F)cc2)cc1. The molecular formula is C25H17F4NO3. The molecule has 0 aliphatic carbocycles. The molecule has 33 heavy (non-hydrogen) atoms. The van der Waals surface area contributed by atoms with E-state index in [0.29, 0.717) is 5.56 Å². The van der Waals surface area contributed by atoms with Gasteiger partial charge in [-0.15, -0.1) is 0 Å². The number of anilines is 1. The number of carbonyl (C=O) groups excluding carboxylic acids is 2. The third-order valence-corrected chi connectivity index (χ3v) is 5.40. The van der Waals surface area contributed by atoms with E-state index in [1.807, 2.05) is 6.92 Å². The molecule has 0 aromatic heterocycles. The standard InChI is InChI=1S/C25H17F4NO3/c1-14-5-7-15(8-6-14)20-21(22(31)16-9-11-18(26)12-10-16)30(24(33)23(20)32)19-4-2-3-17(13-19)25(27,28)29/h2-13,21,32H,1H3/t21-/m1/s1. The van der Waals surface area contributed by atoms with E-state index in [-0.39, 0.29) is 16.8 Å². The summed E-state index contributed by atoms with van der Waals surface area (Å²) in [5.41, 5.74) is 0.0333. The summed E-state index contributed by atoms with van der Waals surface area (Å²) in [6.45, 7) is 1.83. The number of alkyl halides is 3. The Kier molecular flexibility index (Phi) is 5.53. The lowest BCUT2D eigenvalue weighted by Crippen LogP contribution is -2.41. The summed E-state index contributed by atoms with van der Waals surface area (Å²) < 4.78 is 53.3. The van der Waals surface area contributed by atoms with Gasteiger partial charge >= 0.3 is 6.18 Å². The highest BCUT2D eigenvalue weighted by Crippen LogP contribution is 2.40. The Bertz CT molecular complexity index is 1260. The third-order valence-electron chi connectivity index (χ3n) is 5.40. The van der Waals surface area contributed by atoms with Gasteiger partial charge in [-0.05, 0) is 55.0 Å². The highest BCUT2D eigenvalue weighted by molar-refractivity contribution is 6.25. The first-order valence-electron chi connectivity index (χ1n) is 9.88. The minimum Gasteiger partial charge on any atom is -0.503 e. The fourth-order valence-electron chi connectivity index (χ4n) is 3.75. The second kappa shape index (κ2) is 8.20. The van der Waals surface area contributed by atoms with Crippen molar-refractivity contribution in [3.8, 4) is 0 Å². The average molecular weight is 455 g/mol. The van der Waals surface area contributed by atoms with Crippen LogP contribution >= 0.6 is 0 Å². The van der Waals surface area contributed by atoms with Gasteiger partial charge in [0.25, 0.3) is 5.91 Å². The van der Waals surface area contributed by atoms with E-state index in [1.165, 1.54) is 18.2 Å². The maximum absolute atomic E-state index is 13.5. The third kappa shape index (κ3) is 4.11. The van der Waals surface area contributed by atoms with Gasteiger partial charge in [-0.25, -0.2) is 4.39 Å². The Hall–Kier alpha value is -3.94. The molecule has 4 nitrogen and oxygen atoms in total. The molecule has 1 heterocycles. The zero-order valence-electron chi connectivity index (χ0n) is 17.2. The van der Waals surface area contributed by atoms with Gasteiger partial charge in [0, 0.05) is 16.8 Å². The normalized spacial score (nSPS) is 16.5. The van der Waals surface area contributed by atoms with Crippen molar-refractivity contribution in [1.29, 1.82) is 0 Å². The van der Waals surface area contributed by atoms with E-state index in [4.69, 9.17) is 0 Å². The van der Waals surface area contributed by atoms with Crippen LogP contribution in [-0.2, 0) is 11.0 Å². The number of nitrogens with zero attached hydrogens (tertiary/aromatic N) is 1. The lowest BCUT2D eigenvalue weighted by Gasteiger charge is -2.26. The molecule has 3 aromatic carbocycles.